The molecule has 8 heteroatoms. The van der Waals surface area contributed by atoms with Crippen LogP contribution in [0.25, 0.3) is 21.3 Å². The minimum atomic E-state index is -0.448. The number of hydrogen-bond acceptors (Lipinski definition) is 7. The number of halogens is 1. The summed E-state index contributed by atoms with van der Waals surface area (Å²) in [5.74, 6) is 0.809. The summed E-state index contributed by atoms with van der Waals surface area (Å²) in [6.07, 6.45) is 1.46. The van der Waals surface area contributed by atoms with Crippen LogP contribution in [-0.4, -0.2) is 27.9 Å². The Morgan fingerprint density at radius 2 is 1.97 bits per heavy atom. The van der Waals surface area contributed by atoms with Crippen molar-refractivity contribution in [3.05, 3.63) is 65.6 Å². The summed E-state index contributed by atoms with van der Waals surface area (Å²) in [6.45, 7) is 1.68. The largest absolute Gasteiger partial charge is 0.507 e. The summed E-state index contributed by atoms with van der Waals surface area (Å²) < 4.78 is 18.7. The summed E-state index contributed by atoms with van der Waals surface area (Å²) in [7, 11) is 1.63. The molecule has 0 fully saturated rings. The number of benzene rings is 2. The standard InChI is InChI=1S/C21H17FN4O2S/c1-12(16-9-14(22)5-8-18(16)27)25-26-20-19-17(10-29-21(19)24-11-23-20)13-3-6-15(28-2)7-4-13/h3-11,27H,1-2H3,(H,23,24,26)/b25-12+. The minimum absolute atomic E-state index is 0.0447. The zero-order chi connectivity index (χ0) is 20.4. The van der Waals surface area contributed by atoms with Crippen LogP contribution in [0.1, 0.15) is 12.5 Å². The van der Waals surface area contributed by atoms with Crippen LogP contribution in [0.5, 0.6) is 11.5 Å². The van der Waals surface area contributed by atoms with Gasteiger partial charge in [-0.25, -0.2) is 14.4 Å². The van der Waals surface area contributed by atoms with Crippen molar-refractivity contribution in [1.82, 2.24) is 9.97 Å². The lowest BCUT2D eigenvalue weighted by molar-refractivity contribution is 0.415. The van der Waals surface area contributed by atoms with Gasteiger partial charge in [-0.3, -0.25) is 5.43 Å². The normalized spacial score (nSPS) is 11.6. The van der Waals surface area contributed by atoms with Crippen LogP contribution in [0.3, 0.4) is 0 Å². The second-order valence-corrected chi connectivity index (χ2v) is 7.11. The van der Waals surface area contributed by atoms with Crippen molar-refractivity contribution in [1.29, 1.82) is 0 Å². The molecule has 2 aromatic carbocycles. The van der Waals surface area contributed by atoms with E-state index in [4.69, 9.17) is 4.74 Å². The average Bonchev–Trinajstić information content (AvgIpc) is 3.18. The monoisotopic (exact) mass is 408 g/mol. The predicted octanol–water partition coefficient (Wildman–Crippen LogP) is 5.05. The topological polar surface area (TPSA) is 79.6 Å². The average molecular weight is 408 g/mol. The molecule has 2 aromatic heterocycles. The maximum absolute atomic E-state index is 13.5. The number of thiophene rings is 1. The Bertz CT molecular complexity index is 1210. The first-order chi connectivity index (χ1) is 14.1. The van der Waals surface area contributed by atoms with Crippen molar-refractivity contribution in [3.63, 3.8) is 0 Å². The molecular weight excluding hydrogens is 391 g/mol. The fourth-order valence-corrected chi connectivity index (χ4v) is 3.85. The number of hydrazone groups is 1. The highest BCUT2D eigenvalue weighted by Crippen LogP contribution is 2.37. The third kappa shape index (κ3) is 3.74. The van der Waals surface area contributed by atoms with E-state index in [-0.39, 0.29) is 5.75 Å². The Morgan fingerprint density at radius 3 is 2.72 bits per heavy atom. The maximum atomic E-state index is 13.5. The number of methoxy groups -OCH3 is 1. The molecule has 0 saturated carbocycles. The van der Waals surface area contributed by atoms with Crippen LogP contribution in [0.15, 0.2) is 59.3 Å². The molecule has 0 aliphatic rings. The quantitative estimate of drug-likeness (QED) is 0.357. The van der Waals surface area contributed by atoms with Crippen LogP contribution in [-0.2, 0) is 0 Å². The van der Waals surface area contributed by atoms with Gasteiger partial charge < -0.3 is 9.84 Å². The van der Waals surface area contributed by atoms with E-state index in [0.717, 1.165) is 27.1 Å². The lowest BCUT2D eigenvalue weighted by Gasteiger charge is -2.08. The van der Waals surface area contributed by atoms with Gasteiger partial charge in [0.05, 0.1) is 18.2 Å². The van der Waals surface area contributed by atoms with Gasteiger partial charge in [-0.1, -0.05) is 12.1 Å². The molecule has 0 radical (unpaired) electrons. The summed E-state index contributed by atoms with van der Waals surface area (Å²) in [4.78, 5) is 9.47. The molecule has 4 aromatic rings. The molecule has 0 spiro atoms. The third-order valence-corrected chi connectivity index (χ3v) is 5.34. The second-order valence-electron chi connectivity index (χ2n) is 6.25. The number of hydrogen-bond donors (Lipinski definition) is 2. The van der Waals surface area contributed by atoms with E-state index in [9.17, 15) is 9.50 Å². The zero-order valence-corrected chi connectivity index (χ0v) is 16.5. The van der Waals surface area contributed by atoms with Gasteiger partial charge in [0.2, 0.25) is 0 Å². The molecule has 0 aliphatic carbocycles. The highest BCUT2D eigenvalue weighted by atomic mass is 32.1. The SMILES string of the molecule is COc1ccc(-c2csc3ncnc(N/N=C(\C)c4cc(F)ccc4O)c23)cc1. The van der Waals surface area contributed by atoms with Gasteiger partial charge in [-0.05, 0) is 42.8 Å². The Morgan fingerprint density at radius 1 is 1.17 bits per heavy atom. The van der Waals surface area contributed by atoms with Gasteiger partial charge in [0.1, 0.15) is 28.5 Å². The number of aromatic nitrogens is 2. The molecule has 0 bridgehead atoms. The fourth-order valence-electron chi connectivity index (χ4n) is 2.94. The first-order valence-electron chi connectivity index (χ1n) is 8.72. The first-order valence-corrected chi connectivity index (χ1v) is 9.60. The van der Waals surface area contributed by atoms with Crippen molar-refractivity contribution < 1.29 is 14.2 Å². The van der Waals surface area contributed by atoms with Crippen molar-refractivity contribution in [2.24, 2.45) is 5.10 Å². The van der Waals surface area contributed by atoms with E-state index in [1.165, 1.54) is 35.9 Å². The number of fused-ring (bicyclic) bond motifs is 1. The van der Waals surface area contributed by atoms with Crippen molar-refractivity contribution in [2.45, 2.75) is 6.92 Å². The minimum Gasteiger partial charge on any atom is -0.507 e. The number of anilines is 1. The van der Waals surface area contributed by atoms with E-state index in [1.54, 1.807) is 14.0 Å². The molecule has 0 unspecified atom stereocenters. The van der Waals surface area contributed by atoms with Gasteiger partial charge in [0.15, 0.2) is 5.82 Å². The lowest BCUT2D eigenvalue weighted by atomic mass is 10.1. The van der Waals surface area contributed by atoms with Crippen molar-refractivity contribution >= 4 is 33.1 Å². The van der Waals surface area contributed by atoms with Gasteiger partial charge in [-0.2, -0.15) is 5.10 Å². The van der Waals surface area contributed by atoms with E-state index in [0.29, 0.717) is 17.1 Å². The number of phenolic OH excluding ortho intramolecular Hbond substituents is 1. The molecule has 146 valence electrons. The number of ether oxygens (including phenoxy) is 1. The molecule has 6 nitrogen and oxygen atoms in total. The van der Waals surface area contributed by atoms with E-state index in [2.05, 4.69) is 20.5 Å². The van der Waals surface area contributed by atoms with E-state index < -0.39 is 5.82 Å². The van der Waals surface area contributed by atoms with Crippen LogP contribution in [0.2, 0.25) is 0 Å². The molecule has 4 rings (SSSR count). The van der Waals surface area contributed by atoms with E-state index >= 15 is 0 Å². The summed E-state index contributed by atoms with van der Waals surface area (Å²) >= 11 is 1.51. The fraction of sp³-hybridized carbons (Fsp3) is 0.0952. The number of nitrogens with zero attached hydrogens (tertiary/aromatic N) is 3. The number of rotatable bonds is 5. The number of aromatic hydroxyl groups is 1. The smallest absolute Gasteiger partial charge is 0.159 e. The van der Waals surface area contributed by atoms with Crippen LogP contribution in [0, 0.1) is 5.82 Å². The van der Waals surface area contributed by atoms with Crippen molar-refractivity contribution in [2.75, 3.05) is 12.5 Å². The molecule has 2 heterocycles. The molecule has 2 N–H and O–H groups in total. The lowest BCUT2D eigenvalue weighted by Crippen LogP contribution is -2.02. The molecule has 29 heavy (non-hydrogen) atoms. The van der Waals surface area contributed by atoms with Crippen LogP contribution >= 0.6 is 11.3 Å². The summed E-state index contributed by atoms with van der Waals surface area (Å²) in [5.41, 5.74) is 5.64. The van der Waals surface area contributed by atoms with Gasteiger partial charge in [-0.15, -0.1) is 11.3 Å². The third-order valence-electron chi connectivity index (χ3n) is 4.45. The second kappa shape index (κ2) is 7.84. The van der Waals surface area contributed by atoms with Gasteiger partial charge in [0.25, 0.3) is 0 Å². The van der Waals surface area contributed by atoms with Gasteiger partial charge in [0, 0.05) is 16.5 Å². The number of phenols is 1. The first kappa shape index (κ1) is 18.8. The Kier molecular flexibility index (Phi) is 5.09. The Labute approximate surface area is 170 Å². The molecular formula is C21H17FN4O2S. The highest BCUT2D eigenvalue weighted by molar-refractivity contribution is 7.17. The molecule has 0 atom stereocenters. The highest BCUT2D eigenvalue weighted by Gasteiger charge is 2.14. The van der Waals surface area contributed by atoms with Crippen LogP contribution in [0.4, 0.5) is 10.2 Å². The predicted molar refractivity (Wildman–Crippen MR) is 113 cm³/mol. The summed E-state index contributed by atoms with van der Waals surface area (Å²) in [6, 6.07) is 11.5. The van der Waals surface area contributed by atoms with Gasteiger partial charge >= 0.3 is 0 Å². The summed E-state index contributed by atoms with van der Waals surface area (Å²) in [5, 5.41) is 17.1. The molecule has 0 aliphatic heterocycles. The van der Waals surface area contributed by atoms with Crippen LogP contribution < -0.4 is 10.2 Å². The Hall–Kier alpha value is -3.52. The molecule has 0 amide bonds. The number of nitrogens with one attached hydrogen (secondary N) is 1. The van der Waals surface area contributed by atoms with Crippen molar-refractivity contribution in [3.8, 4) is 22.6 Å². The molecule has 0 saturated heterocycles. The zero-order valence-electron chi connectivity index (χ0n) is 15.7. The maximum Gasteiger partial charge on any atom is 0.159 e. The van der Waals surface area contributed by atoms with E-state index in [1.807, 2.05) is 29.6 Å². The Balaban J connectivity index is 1.72.